The summed E-state index contributed by atoms with van der Waals surface area (Å²) in [6.07, 6.45) is 3.06. The predicted octanol–water partition coefficient (Wildman–Crippen LogP) is 2.12. The van der Waals surface area contributed by atoms with Crippen LogP contribution < -0.4 is 0 Å². The molecule has 0 radical (unpaired) electrons. The average molecular weight is 389 g/mol. The first-order chi connectivity index (χ1) is 12.8. The standard InChI is InChI=1S/C19H23N3O4S/c1-21(2)27(25,26)22-11-9-14(13-22)12-15-6-5-10-20-18(15)16-7-3-4-8-17(16)19(23)24/h3-8,10,14H,9,11-13H2,1-2H3,(H,23,24)/t14-/m0/s1. The number of pyridine rings is 1. The van der Waals surface area contributed by atoms with E-state index in [0.29, 0.717) is 30.8 Å². The molecule has 3 rings (SSSR count). The quantitative estimate of drug-likeness (QED) is 0.817. The maximum atomic E-state index is 12.3. The number of aromatic nitrogens is 1. The Morgan fingerprint density at radius 1 is 1.26 bits per heavy atom. The molecule has 1 fully saturated rings. The van der Waals surface area contributed by atoms with E-state index >= 15 is 0 Å². The van der Waals surface area contributed by atoms with Gasteiger partial charge < -0.3 is 5.11 Å². The van der Waals surface area contributed by atoms with E-state index in [-0.39, 0.29) is 11.5 Å². The summed E-state index contributed by atoms with van der Waals surface area (Å²) in [5.41, 5.74) is 2.36. The van der Waals surface area contributed by atoms with Gasteiger partial charge >= 0.3 is 5.97 Å². The Kier molecular flexibility index (Phi) is 5.59. The van der Waals surface area contributed by atoms with Gasteiger partial charge in [0.25, 0.3) is 10.2 Å². The fourth-order valence-corrected chi connectivity index (χ4v) is 4.63. The monoisotopic (exact) mass is 389 g/mol. The Hall–Kier alpha value is -2.29. The third-order valence-corrected chi connectivity index (χ3v) is 6.76. The second kappa shape index (κ2) is 7.75. The van der Waals surface area contributed by atoms with Crippen LogP contribution >= 0.6 is 0 Å². The van der Waals surface area contributed by atoms with Crippen LogP contribution in [0, 0.1) is 5.92 Å². The van der Waals surface area contributed by atoms with Crippen molar-refractivity contribution in [2.24, 2.45) is 5.92 Å². The van der Waals surface area contributed by atoms with Gasteiger partial charge in [-0.15, -0.1) is 0 Å². The van der Waals surface area contributed by atoms with Crippen LogP contribution in [0.1, 0.15) is 22.3 Å². The van der Waals surface area contributed by atoms with Crippen molar-refractivity contribution in [3.05, 3.63) is 53.7 Å². The molecular weight excluding hydrogens is 366 g/mol. The minimum Gasteiger partial charge on any atom is -0.478 e. The first-order valence-electron chi connectivity index (χ1n) is 8.75. The van der Waals surface area contributed by atoms with Gasteiger partial charge in [0, 0.05) is 38.9 Å². The van der Waals surface area contributed by atoms with Gasteiger partial charge in [0.1, 0.15) is 0 Å². The Balaban J connectivity index is 1.86. The normalized spacial score (nSPS) is 18.1. The fourth-order valence-electron chi connectivity index (χ4n) is 3.44. The van der Waals surface area contributed by atoms with E-state index in [1.165, 1.54) is 22.7 Å². The molecule has 0 unspecified atom stereocenters. The van der Waals surface area contributed by atoms with Crippen LogP contribution in [-0.4, -0.2) is 60.3 Å². The molecule has 8 heteroatoms. The highest BCUT2D eigenvalue weighted by molar-refractivity contribution is 7.86. The molecule has 27 heavy (non-hydrogen) atoms. The van der Waals surface area contributed by atoms with Crippen LogP contribution in [0.3, 0.4) is 0 Å². The summed E-state index contributed by atoms with van der Waals surface area (Å²) in [4.78, 5) is 16.0. The number of carboxylic acid groups (broad SMARTS) is 1. The molecule has 2 heterocycles. The van der Waals surface area contributed by atoms with Gasteiger partial charge in [0.2, 0.25) is 0 Å². The van der Waals surface area contributed by atoms with Gasteiger partial charge in [0.05, 0.1) is 11.3 Å². The zero-order valence-corrected chi connectivity index (χ0v) is 16.2. The highest BCUT2D eigenvalue weighted by atomic mass is 32.2. The second-order valence-electron chi connectivity index (χ2n) is 6.87. The van der Waals surface area contributed by atoms with Crippen molar-refractivity contribution in [2.75, 3.05) is 27.2 Å². The number of aromatic carboxylic acids is 1. The topological polar surface area (TPSA) is 90.8 Å². The second-order valence-corrected chi connectivity index (χ2v) is 9.01. The Morgan fingerprint density at radius 2 is 2.00 bits per heavy atom. The minimum atomic E-state index is -3.41. The number of carbonyl (C=O) groups is 1. The smallest absolute Gasteiger partial charge is 0.336 e. The maximum Gasteiger partial charge on any atom is 0.336 e. The predicted molar refractivity (Wildman–Crippen MR) is 103 cm³/mol. The van der Waals surface area contributed by atoms with Crippen LogP contribution in [0.25, 0.3) is 11.3 Å². The van der Waals surface area contributed by atoms with E-state index in [4.69, 9.17) is 0 Å². The fraction of sp³-hybridized carbons (Fsp3) is 0.368. The maximum absolute atomic E-state index is 12.3. The van der Waals surface area contributed by atoms with Gasteiger partial charge in [-0.2, -0.15) is 17.0 Å². The van der Waals surface area contributed by atoms with Gasteiger partial charge in [-0.25, -0.2) is 4.79 Å². The Labute approximate surface area is 159 Å². The van der Waals surface area contributed by atoms with Gasteiger partial charge in [-0.05, 0) is 36.5 Å². The van der Waals surface area contributed by atoms with Crippen LogP contribution in [0.2, 0.25) is 0 Å². The zero-order chi connectivity index (χ0) is 19.6. The molecule has 144 valence electrons. The molecular formula is C19H23N3O4S. The molecule has 1 aliphatic heterocycles. The lowest BCUT2D eigenvalue weighted by atomic mass is 9.93. The van der Waals surface area contributed by atoms with E-state index in [1.54, 1.807) is 30.5 Å². The number of rotatable bonds is 6. The lowest BCUT2D eigenvalue weighted by Gasteiger charge is -2.21. The van der Waals surface area contributed by atoms with Crippen molar-refractivity contribution >= 4 is 16.2 Å². The van der Waals surface area contributed by atoms with Gasteiger partial charge in [0.15, 0.2) is 0 Å². The lowest BCUT2D eigenvalue weighted by molar-refractivity contribution is 0.0697. The summed E-state index contributed by atoms with van der Waals surface area (Å²) in [6, 6.07) is 10.6. The summed E-state index contributed by atoms with van der Waals surface area (Å²) in [5.74, 6) is -0.828. The number of hydrogen-bond donors (Lipinski definition) is 1. The molecule has 0 spiro atoms. The largest absolute Gasteiger partial charge is 0.478 e. The summed E-state index contributed by atoms with van der Waals surface area (Å²) in [6.45, 7) is 0.946. The Bertz CT molecular complexity index is 943. The van der Waals surface area contributed by atoms with E-state index in [0.717, 1.165) is 12.0 Å². The van der Waals surface area contributed by atoms with Crippen molar-refractivity contribution in [3.8, 4) is 11.3 Å². The van der Waals surface area contributed by atoms with Crippen LogP contribution in [-0.2, 0) is 16.6 Å². The molecule has 0 aliphatic carbocycles. The van der Waals surface area contributed by atoms with Crippen molar-refractivity contribution in [2.45, 2.75) is 12.8 Å². The molecule has 7 nitrogen and oxygen atoms in total. The van der Waals surface area contributed by atoms with E-state index in [9.17, 15) is 18.3 Å². The summed E-state index contributed by atoms with van der Waals surface area (Å²) in [5, 5.41) is 9.47. The van der Waals surface area contributed by atoms with Crippen molar-refractivity contribution in [1.29, 1.82) is 0 Å². The SMILES string of the molecule is CN(C)S(=O)(=O)N1CC[C@@H](Cc2cccnc2-c2ccccc2C(=O)O)C1. The molecule has 1 saturated heterocycles. The molecule has 1 aromatic heterocycles. The van der Waals surface area contributed by atoms with Gasteiger partial charge in [-0.1, -0.05) is 24.3 Å². The third kappa shape index (κ3) is 4.02. The summed E-state index contributed by atoms with van der Waals surface area (Å²) >= 11 is 0. The van der Waals surface area contributed by atoms with Gasteiger partial charge in [-0.3, -0.25) is 4.98 Å². The molecule has 1 aromatic carbocycles. The van der Waals surface area contributed by atoms with E-state index in [1.807, 2.05) is 12.1 Å². The van der Waals surface area contributed by atoms with Crippen LogP contribution in [0.5, 0.6) is 0 Å². The zero-order valence-electron chi connectivity index (χ0n) is 15.4. The molecule has 0 bridgehead atoms. The summed E-state index contributed by atoms with van der Waals surface area (Å²) in [7, 11) is -0.344. The van der Waals surface area contributed by atoms with Crippen molar-refractivity contribution in [3.63, 3.8) is 0 Å². The first-order valence-corrected chi connectivity index (χ1v) is 10.1. The Morgan fingerprint density at radius 3 is 2.70 bits per heavy atom. The molecule has 2 aromatic rings. The minimum absolute atomic E-state index is 0.166. The highest BCUT2D eigenvalue weighted by Crippen LogP contribution is 2.30. The van der Waals surface area contributed by atoms with E-state index < -0.39 is 16.2 Å². The highest BCUT2D eigenvalue weighted by Gasteiger charge is 2.33. The van der Waals surface area contributed by atoms with Crippen LogP contribution in [0.4, 0.5) is 0 Å². The molecule has 0 saturated carbocycles. The van der Waals surface area contributed by atoms with Crippen molar-refractivity contribution < 1.29 is 18.3 Å². The number of hydrogen-bond acceptors (Lipinski definition) is 4. The molecule has 0 amide bonds. The number of carboxylic acids is 1. The van der Waals surface area contributed by atoms with Crippen LogP contribution in [0.15, 0.2) is 42.6 Å². The number of nitrogens with zero attached hydrogens (tertiary/aromatic N) is 3. The van der Waals surface area contributed by atoms with E-state index in [2.05, 4.69) is 4.98 Å². The van der Waals surface area contributed by atoms with Crippen molar-refractivity contribution in [1.82, 2.24) is 13.6 Å². The first kappa shape index (κ1) is 19.5. The molecule has 1 atom stereocenters. The number of benzene rings is 1. The lowest BCUT2D eigenvalue weighted by Crippen LogP contribution is -2.38. The summed E-state index contributed by atoms with van der Waals surface area (Å²) < 4.78 is 27.4. The average Bonchev–Trinajstić information content (AvgIpc) is 3.11. The molecule has 1 aliphatic rings. The molecule has 1 N–H and O–H groups in total. The third-order valence-electron chi connectivity index (χ3n) is 4.85.